The lowest BCUT2D eigenvalue weighted by molar-refractivity contribution is -0.242. The number of hydrogen-bond donors (Lipinski definition) is 2. The summed E-state index contributed by atoms with van der Waals surface area (Å²) in [5.74, 6) is 0.810. The number of hydrogen-bond acceptors (Lipinski definition) is 10. The molecule has 0 unspecified atom stereocenters. The van der Waals surface area contributed by atoms with Crippen molar-refractivity contribution in [2.45, 2.75) is 160 Å². The lowest BCUT2D eigenvalue weighted by atomic mass is 9.99. The fourth-order valence-corrected chi connectivity index (χ4v) is 7.04. The molecule has 3 aliphatic rings. The third-order valence-corrected chi connectivity index (χ3v) is 13.9. The minimum absolute atomic E-state index is 0.0405. The number of benzene rings is 1. The Hall–Kier alpha value is -1.90. The quantitative estimate of drug-likeness (QED) is 0.109. The Morgan fingerprint density at radius 1 is 0.882 bits per heavy atom. The van der Waals surface area contributed by atoms with Gasteiger partial charge in [-0.3, -0.25) is 0 Å². The van der Waals surface area contributed by atoms with Crippen LogP contribution in [-0.4, -0.2) is 100 Å². The Labute approximate surface area is 308 Å². The Bertz CT molecular complexity index is 1210. The van der Waals surface area contributed by atoms with E-state index < -0.39 is 14.4 Å². The second-order valence-electron chi connectivity index (χ2n) is 15.5. The number of methoxy groups -OCH3 is 1. The first kappa shape index (κ1) is 43.5. The smallest absolute Gasteiger partial charge is 0.192 e. The van der Waals surface area contributed by atoms with Gasteiger partial charge in [0.25, 0.3) is 0 Å². The molecule has 1 aromatic rings. The summed E-state index contributed by atoms with van der Waals surface area (Å²) < 4.78 is 47.1. The Balaban J connectivity index is 0.000000278. The summed E-state index contributed by atoms with van der Waals surface area (Å²) in [6.07, 6.45) is 13.3. The highest BCUT2D eigenvalue weighted by Gasteiger charge is 2.42. The fourth-order valence-electron chi connectivity index (χ4n) is 5.68. The topological polar surface area (TPSA) is 114 Å². The predicted octanol–water partition coefficient (Wildman–Crippen LogP) is 7.24. The van der Waals surface area contributed by atoms with Crippen molar-refractivity contribution in [3.63, 3.8) is 0 Å². The van der Waals surface area contributed by atoms with Gasteiger partial charge in [0.1, 0.15) is 30.2 Å². The summed E-state index contributed by atoms with van der Waals surface area (Å²) in [5, 5.41) is 19.4. The van der Waals surface area contributed by atoms with Crippen LogP contribution in [0.15, 0.2) is 60.7 Å². The van der Waals surface area contributed by atoms with Crippen LogP contribution in [0, 0.1) is 0 Å². The van der Waals surface area contributed by atoms with Crippen LogP contribution in [0.25, 0.3) is 0 Å². The molecule has 3 aliphatic heterocycles. The zero-order valence-electron chi connectivity index (χ0n) is 32.7. The van der Waals surface area contributed by atoms with E-state index in [1.807, 2.05) is 82.3 Å². The van der Waals surface area contributed by atoms with Gasteiger partial charge in [0.05, 0.1) is 51.3 Å². The van der Waals surface area contributed by atoms with Gasteiger partial charge < -0.3 is 47.8 Å². The Morgan fingerprint density at radius 3 is 2.14 bits per heavy atom. The van der Waals surface area contributed by atoms with Crippen LogP contribution in [0.2, 0.25) is 18.1 Å². The first-order chi connectivity index (χ1) is 24.1. The molecule has 8 atom stereocenters. The molecule has 4 rings (SSSR count). The third-order valence-electron chi connectivity index (χ3n) is 9.40. The number of aliphatic hydroxyl groups is 2. The van der Waals surface area contributed by atoms with E-state index >= 15 is 0 Å². The summed E-state index contributed by atoms with van der Waals surface area (Å²) in [7, 11) is -0.217. The second-order valence-corrected chi connectivity index (χ2v) is 20.2. The van der Waals surface area contributed by atoms with Gasteiger partial charge in [0.2, 0.25) is 0 Å². The number of fused-ring (bicyclic) bond motifs is 1. The van der Waals surface area contributed by atoms with Crippen molar-refractivity contribution in [3.05, 3.63) is 66.3 Å². The van der Waals surface area contributed by atoms with Crippen LogP contribution in [0.3, 0.4) is 0 Å². The van der Waals surface area contributed by atoms with E-state index in [4.69, 9.17) is 42.7 Å². The SMILES string of the molecule is CC(C)O[C@@H]1CC[C@H](O[Si](C)(C)C(C)(C)C)[C@@H](/C=C\C=C\CO)O1.COc1ccc(COC[C@H](O)[C@H]2C=C[C@H]3O[C@H](OC(C)C)CC[C@@H]3O2)cc1. The van der Waals surface area contributed by atoms with E-state index in [-0.39, 0.29) is 73.6 Å². The molecule has 10 nitrogen and oxygen atoms in total. The third kappa shape index (κ3) is 14.8. The highest BCUT2D eigenvalue weighted by molar-refractivity contribution is 6.74. The van der Waals surface area contributed by atoms with Gasteiger partial charge in [0.15, 0.2) is 20.9 Å². The molecule has 0 radical (unpaired) electrons. The van der Waals surface area contributed by atoms with Crippen LogP contribution in [0.1, 0.15) is 79.7 Å². The molecule has 0 spiro atoms. The average Bonchev–Trinajstić information content (AvgIpc) is 3.07. The molecule has 290 valence electrons. The van der Waals surface area contributed by atoms with E-state index in [9.17, 15) is 5.11 Å². The van der Waals surface area contributed by atoms with Crippen molar-refractivity contribution in [2.75, 3.05) is 20.3 Å². The van der Waals surface area contributed by atoms with E-state index in [0.717, 1.165) is 37.0 Å². The highest BCUT2D eigenvalue weighted by atomic mass is 28.4. The number of ether oxygens (including phenoxy) is 7. The van der Waals surface area contributed by atoms with Gasteiger partial charge in [-0.1, -0.05) is 69.4 Å². The molecule has 0 bridgehead atoms. The summed E-state index contributed by atoms with van der Waals surface area (Å²) in [6.45, 7) is 20.0. The predicted molar refractivity (Wildman–Crippen MR) is 202 cm³/mol. The maximum Gasteiger partial charge on any atom is 0.192 e. The van der Waals surface area contributed by atoms with Crippen LogP contribution in [-0.2, 0) is 39.5 Å². The molecule has 0 saturated carbocycles. The zero-order valence-corrected chi connectivity index (χ0v) is 33.7. The summed E-state index contributed by atoms with van der Waals surface area (Å²) in [4.78, 5) is 0. The average molecular weight is 735 g/mol. The van der Waals surface area contributed by atoms with Gasteiger partial charge in [-0.05, 0) is 76.4 Å². The minimum Gasteiger partial charge on any atom is -0.497 e. The maximum atomic E-state index is 10.4. The molecule has 11 heteroatoms. The summed E-state index contributed by atoms with van der Waals surface area (Å²) in [5.41, 5.74) is 1.03. The van der Waals surface area contributed by atoms with Crippen LogP contribution in [0.5, 0.6) is 5.75 Å². The van der Waals surface area contributed by atoms with Crippen molar-refractivity contribution < 1.29 is 47.8 Å². The lowest BCUT2D eigenvalue weighted by Crippen LogP contribution is -2.50. The molecular weight excluding hydrogens is 669 g/mol. The number of allylic oxidation sites excluding steroid dienone is 2. The molecule has 3 heterocycles. The molecule has 2 fully saturated rings. The largest absolute Gasteiger partial charge is 0.497 e. The molecule has 0 aromatic heterocycles. The molecular formula is C40H66O10Si. The first-order valence-electron chi connectivity index (χ1n) is 18.6. The van der Waals surface area contributed by atoms with E-state index in [0.29, 0.717) is 6.61 Å². The monoisotopic (exact) mass is 734 g/mol. The second kappa shape index (κ2) is 21.1. The van der Waals surface area contributed by atoms with Crippen molar-refractivity contribution in [1.29, 1.82) is 0 Å². The fraction of sp³-hybridized carbons (Fsp3) is 0.700. The first-order valence-corrected chi connectivity index (χ1v) is 21.5. The number of rotatable bonds is 15. The van der Waals surface area contributed by atoms with Crippen molar-refractivity contribution in [3.8, 4) is 5.75 Å². The van der Waals surface area contributed by atoms with Crippen LogP contribution >= 0.6 is 0 Å². The Morgan fingerprint density at radius 2 is 1.53 bits per heavy atom. The van der Waals surface area contributed by atoms with Crippen molar-refractivity contribution in [1.82, 2.24) is 0 Å². The molecule has 2 saturated heterocycles. The van der Waals surface area contributed by atoms with Crippen molar-refractivity contribution in [2.24, 2.45) is 0 Å². The van der Waals surface area contributed by atoms with E-state index in [1.54, 1.807) is 13.2 Å². The van der Waals surface area contributed by atoms with Gasteiger partial charge in [0, 0.05) is 12.8 Å². The molecule has 1 aromatic carbocycles. The molecule has 0 amide bonds. The molecule has 0 aliphatic carbocycles. The number of aliphatic hydroxyl groups excluding tert-OH is 2. The van der Waals surface area contributed by atoms with Gasteiger partial charge in [-0.15, -0.1) is 0 Å². The lowest BCUT2D eigenvalue weighted by Gasteiger charge is -2.43. The minimum atomic E-state index is -1.86. The van der Waals surface area contributed by atoms with Gasteiger partial charge in [-0.2, -0.15) is 0 Å². The zero-order chi connectivity index (χ0) is 37.6. The Kier molecular flexibility index (Phi) is 18.0. The summed E-state index contributed by atoms with van der Waals surface area (Å²) >= 11 is 0. The van der Waals surface area contributed by atoms with Crippen LogP contribution in [0.4, 0.5) is 0 Å². The molecule has 51 heavy (non-hydrogen) atoms. The normalized spacial score (nSPS) is 27.8. The summed E-state index contributed by atoms with van der Waals surface area (Å²) in [6, 6.07) is 7.67. The van der Waals surface area contributed by atoms with Gasteiger partial charge >= 0.3 is 0 Å². The van der Waals surface area contributed by atoms with Crippen molar-refractivity contribution >= 4 is 8.32 Å². The van der Waals surface area contributed by atoms with E-state index in [2.05, 4.69) is 33.9 Å². The maximum absolute atomic E-state index is 10.4. The van der Waals surface area contributed by atoms with E-state index in [1.165, 1.54) is 0 Å². The van der Waals surface area contributed by atoms with Crippen LogP contribution < -0.4 is 4.74 Å². The standard InChI is InChI=1S/C21H30O6.C19H36O4Si/c1-14(2)25-21-11-10-19-20(27-21)9-8-18(26-19)17(22)13-24-12-15-4-6-16(23-3)7-5-15;1-15(2)21-18-13-12-17(23-24(6,7)19(3,4)5)16(22-18)11-9-8-10-14-20/h4-9,14,17-22H,10-13H2,1-3H3;8-11,15-18,20H,12-14H2,1-7H3/b;10-8+,11-9-/t17-,18+,19-,20+,21-;16-,17+,18+/m01/s1. The molecule has 2 N–H and O–H groups in total. The highest BCUT2D eigenvalue weighted by Crippen LogP contribution is 2.39. The van der Waals surface area contributed by atoms with Gasteiger partial charge in [-0.25, -0.2) is 0 Å².